The van der Waals surface area contributed by atoms with Crippen molar-refractivity contribution >= 4 is 0 Å². The number of hydrogen-bond acceptors (Lipinski definition) is 2. The standard InChI is InChI=1S/C13H10F2O2/c1-16-12-4-2-3-11(15)13(12)17-10-7-5-9(14)6-8-10/h2-8H,1H3. The van der Waals surface area contributed by atoms with Gasteiger partial charge in [-0.2, -0.15) is 0 Å². The van der Waals surface area contributed by atoms with Crippen LogP contribution in [0, 0.1) is 11.6 Å². The van der Waals surface area contributed by atoms with Gasteiger partial charge in [0.1, 0.15) is 11.6 Å². The van der Waals surface area contributed by atoms with Gasteiger partial charge in [-0.3, -0.25) is 0 Å². The van der Waals surface area contributed by atoms with E-state index in [9.17, 15) is 8.78 Å². The van der Waals surface area contributed by atoms with Crippen molar-refractivity contribution in [1.29, 1.82) is 0 Å². The largest absolute Gasteiger partial charge is 0.493 e. The van der Waals surface area contributed by atoms with E-state index in [1.165, 1.54) is 43.5 Å². The molecule has 0 N–H and O–H groups in total. The van der Waals surface area contributed by atoms with Crippen molar-refractivity contribution in [3.63, 3.8) is 0 Å². The lowest BCUT2D eigenvalue weighted by molar-refractivity contribution is 0.364. The van der Waals surface area contributed by atoms with E-state index in [1.807, 2.05) is 0 Å². The molecule has 0 unspecified atom stereocenters. The topological polar surface area (TPSA) is 18.5 Å². The first-order chi connectivity index (χ1) is 8.20. The Balaban J connectivity index is 2.32. The van der Waals surface area contributed by atoms with E-state index >= 15 is 0 Å². The molecule has 0 bridgehead atoms. The molecule has 0 aliphatic rings. The molecule has 4 heteroatoms. The van der Waals surface area contributed by atoms with Crippen LogP contribution in [-0.4, -0.2) is 7.11 Å². The lowest BCUT2D eigenvalue weighted by Crippen LogP contribution is -1.93. The van der Waals surface area contributed by atoms with Crippen LogP contribution in [0.3, 0.4) is 0 Å². The van der Waals surface area contributed by atoms with E-state index < -0.39 is 5.82 Å². The van der Waals surface area contributed by atoms with Crippen LogP contribution in [-0.2, 0) is 0 Å². The van der Waals surface area contributed by atoms with Gasteiger partial charge in [-0.25, -0.2) is 8.78 Å². The normalized spacial score (nSPS) is 10.1. The minimum absolute atomic E-state index is 0.0124. The van der Waals surface area contributed by atoms with Crippen LogP contribution in [0.15, 0.2) is 42.5 Å². The predicted molar refractivity (Wildman–Crippen MR) is 59.4 cm³/mol. The lowest BCUT2D eigenvalue weighted by Gasteiger charge is -2.10. The molecule has 0 atom stereocenters. The monoisotopic (exact) mass is 236 g/mol. The molecule has 17 heavy (non-hydrogen) atoms. The molecule has 88 valence electrons. The second-order valence-corrected chi connectivity index (χ2v) is 3.33. The number of rotatable bonds is 3. The van der Waals surface area contributed by atoms with E-state index in [1.54, 1.807) is 6.07 Å². The van der Waals surface area contributed by atoms with Crippen LogP contribution in [0.2, 0.25) is 0 Å². The summed E-state index contributed by atoms with van der Waals surface area (Å²) in [7, 11) is 1.42. The maximum Gasteiger partial charge on any atom is 0.204 e. The summed E-state index contributed by atoms with van der Waals surface area (Å²) >= 11 is 0. The Hall–Kier alpha value is -2.10. The fraction of sp³-hybridized carbons (Fsp3) is 0.0769. The Kier molecular flexibility index (Phi) is 3.23. The third-order valence-electron chi connectivity index (χ3n) is 2.18. The lowest BCUT2D eigenvalue weighted by atomic mass is 10.3. The van der Waals surface area contributed by atoms with Crippen molar-refractivity contribution in [1.82, 2.24) is 0 Å². The molecular formula is C13H10F2O2. The minimum atomic E-state index is -0.534. The van der Waals surface area contributed by atoms with Crippen molar-refractivity contribution in [2.45, 2.75) is 0 Å². The van der Waals surface area contributed by atoms with Crippen molar-refractivity contribution in [2.75, 3.05) is 7.11 Å². The van der Waals surface area contributed by atoms with E-state index in [-0.39, 0.29) is 17.3 Å². The summed E-state index contributed by atoms with van der Waals surface area (Å²) in [6.45, 7) is 0. The molecule has 2 nitrogen and oxygen atoms in total. The summed E-state index contributed by atoms with van der Waals surface area (Å²) in [6.07, 6.45) is 0. The summed E-state index contributed by atoms with van der Waals surface area (Å²) in [5, 5.41) is 0. The number of para-hydroxylation sites is 1. The van der Waals surface area contributed by atoms with Crippen LogP contribution in [0.4, 0.5) is 8.78 Å². The molecule has 0 aromatic heterocycles. The van der Waals surface area contributed by atoms with Crippen molar-refractivity contribution in [3.8, 4) is 17.2 Å². The maximum absolute atomic E-state index is 13.5. The summed E-state index contributed by atoms with van der Waals surface area (Å²) in [6, 6.07) is 9.68. The smallest absolute Gasteiger partial charge is 0.204 e. The SMILES string of the molecule is COc1cccc(F)c1Oc1ccc(F)cc1. The first-order valence-corrected chi connectivity index (χ1v) is 4.96. The summed E-state index contributed by atoms with van der Waals surface area (Å²) in [5.41, 5.74) is 0. The minimum Gasteiger partial charge on any atom is -0.493 e. The van der Waals surface area contributed by atoms with Gasteiger partial charge in [-0.1, -0.05) is 6.07 Å². The molecule has 0 heterocycles. The van der Waals surface area contributed by atoms with Crippen LogP contribution in [0.5, 0.6) is 17.2 Å². The molecule has 0 spiro atoms. The maximum atomic E-state index is 13.5. The van der Waals surface area contributed by atoms with Crippen LogP contribution < -0.4 is 9.47 Å². The molecule has 0 saturated heterocycles. The highest BCUT2D eigenvalue weighted by molar-refractivity contribution is 5.43. The van der Waals surface area contributed by atoms with Gasteiger partial charge in [0.2, 0.25) is 5.75 Å². The average molecular weight is 236 g/mol. The fourth-order valence-electron chi connectivity index (χ4n) is 1.37. The molecular weight excluding hydrogens is 226 g/mol. The summed E-state index contributed by atoms with van der Waals surface area (Å²) in [5.74, 6) is -0.294. The Morgan fingerprint density at radius 2 is 1.65 bits per heavy atom. The van der Waals surface area contributed by atoms with Gasteiger partial charge < -0.3 is 9.47 Å². The average Bonchev–Trinajstić information content (AvgIpc) is 2.34. The van der Waals surface area contributed by atoms with E-state index in [2.05, 4.69) is 0 Å². The van der Waals surface area contributed by atoms with Crippen LogP contribution >= 0.6 is 0 Å². The van der Waals surface area contributed by atoms with Crippen LogP contribution in [0.1, 0.15) is 0 Å². The van der Waals surface area contributed by atoms with Gasteiger partial charge in [0.25, 0.3) is 0 Å². The summed E-state index contributed by atoms with van der Waals surface area (Å²) < 4.78 is 36.5. The number of halogens is 2. The van der Waals surface area contributed by atoms with Crippen molar-refractivity contribution < 1.29 is 18.3 Å². The number of methoxy groups -OCH3 is 1. The second-order valence-electron chi connectivity index (χ2n) is 3.33. The van der Waals surface area contributed by atoms with Crippen LogP contribution in [0.25, 0.3) is 0 Å². The first kappa shape index (κ1) is 11.4. The van der Waals surface area contributed by atoms with Gasteiger partial charge in [0, 0.05) is 0 Å². The van der Waals surface area contributed by atoms with Gasteiger partial charge in [0.05, 0.1) is 7.11 Å². The zero-order valence-electron chi connectivity index (χ0n) is 9.11. The molecule has 0 amide bonds. The number of benzene rings is 2. The van der Waals surface area contributed by atoms with Gasteiger partial charge in [0.15, 0.2) is 11.6 Å². The number of hydrogen-bond donors (Lipinski definition) is 0. The van der Waals surface area contributed by atoms with Gasteiger partial charge >= 0.3 is 0 Å². The Bertz CT molecular complexity index is 509. The Labute approximate surface area is 97.4 Å². The zero-order chi connectivity index (χ0) is 12.3. The molecule has 2 rings (SSSR count). The molecule has 0 saturated carbocycles. The predicted octanol–water partition coefficient (Wildman–Crippen LogP) is 3.77. The third kappa shape index (κ3) is 2.53. The molecule has 0 radical (unpaired) electrons. The highest BCUT2D eigenvalue weighted by atomic mass is 19.1. The molecule has 2 aromatic rings. The molecule has 0 aliphatic heterocycles. The van der Waals surface area contributed by atoms with E-state index in [0.29, 0.717) is 5.75 Å². The number of ether oxygens (including phenoxy) is 2. The van der Waals surface area contributed by atoms with E-state index in [4.69, 9.17) is 9.47 Å². The molecule has 0 aliphatic carbocycles. The van der Waals surface area contributed by atoms with Gasteiger partial charge in [-0.15, -0.1) is 0 Å². The quantitative estimate of drug-likeness (QED) is 0.807. The summed E-state index contributed by atoms with van der Waals surface area (Å²) in [4.78, 5) is 0. The van der Waals surface area contributed by atoms with E-state index in [0.717, 1.165) is 0 Å². The molecule has 0 fully saturated rings. The second kappa shape index (κ2) is 4.82. The van der Waals surface area contributed by atoms with Gasteiger partial charge in [-0.05, 0) is 36.4 Å². The zero-order valence-corrected chi connectivity index (χ0v) is 9.11. The highest BCUT2D eigenvalue weighted by Gasteiger charge is 2.11. The van der Waals surface area contributed by atoms with Crippen molar-refractivity contribution in [3.05, 3.63) is 54.1 Å². The highest BCUT2D eigenvalue weighted by Crippen LogP contribution is 2.33. The Morgan fingerprint density at radius 1 is 0.941 bits per heavy atom. The fourth-order valence-corrected chi connectivity index (χ4v) is 1.37. The third-order valence-corrected chi connectivity index (χ3v) is 2.18. The first-order valence-electron chi connectivity index (χ1n) is 4.96. The van der Waals surface area contributed by atoms with Crippen molar-refractivity contribution in [2.24, 2.45) is 0 Å². The Morgan fingerprint density at radius 3 is 2.29 bits per heavy atom. The molecule has 2 aromatic carbocycles.